The van der Waals surface area contributed by atoms with Crippen molar-refractivity contribution in [2.75, 3.05) is 13.2 Å². The van der Waals surface area contributed by atoms with E-state index in [-0.39, 0.29) is 5.97 Å². The third-order valence-electron chi connectivity index (χ3n) is 3.28. The molecule has 0 aliphatic heterocycles. The number of carbonyl (C=O) groups excluding carboxylic acids is 1. The van der Waals surface area contributed by atoms with Gasteiger partial charge in [0.15, 0.2) is 0 Å². The van der Waals surface area contributed by atoms with Gasteiger partial charge in [-0.25, -0.2) is 0 Å². The monoisotopic (exact) mass is 271 g/mol. The van der Waals surface area contributed by atoms with Gasteiger partial charge in [0.05, 0.1) is 6.61 Å². The van der Waals surface area contributed by atoms with Crippen molar-refractivity contribution in [3.05, 3.63) is 0 Å². The lowest BCUT2D eigenvalue weighted by atomic mass is 10.1. The number of ether oxygens (including phenoxy) is 1. The van der Waals surface area contributed by atoms with Crippen LogP contribution in [0.2, 0.25) is 0 Å². The third-order valence-corrected chi connectivity index (χ3v) is 3.28. The number of esters is 1. The van der Waals surface area contributed by atoms with Crippen LogP contribution < -0.4 is 5.32 Å². The highest BCUT2D eigenvalue weighted by Gasteiger charge is 2.02. The van der Waals surface area contributed by atoms with Crippen LogP contribution in [0.4, 0.5) is 0 Å². The fourth-order valence-corrected chi connectivity index (χ4v) is 2.06. The summed E-state index contributed by atoms with van der Waals surface area (Å²) in [6, 6.07) is 0.619. The molecule has 0 aromatic rings. The van der Waals surface area contributed by atoms with Crippen molar-refractivity contribution in [2.24, 2.45) is 0 Å². The van der Waals surface area contributed by atoms with E-state index in [1.165, 1.54) is 19.3 Å². The lowest BCUT2D eigenvalue weighted by Gasteiger charge is -2.12. The van der Waals surface area contributed by atoms with E-state index in [0.717, 1.165) is 38.6 Å². The summed E-state index contributed by atoms with van der Waals surface area (Å²) in [6.45, 7) is 8.26. The summed E-state index contributed by atoms with van der Waals surface area (Å²) in [5.74, 6) is -0.0246. The first-order valence-corrected chi connectivity index (χ1v) is 8.09. The van der Waals surface area contributed by atoms with Gasteiger partial charge in [-0.15, -0.1) is 0 Å². The molecule has 0 saturated heterocycles. The molecule has 1 N–H and O–H groups in total. The molecule has 0 amide bonds. The van der Waals surface area contributed by atoms with Crippen molar-refractivity contribution in [3.63, 3.8) is 0 Å². The third kappa shape index (κ3) is 13.7. The Balaban J connectivity index is 3.22. The van der Waals surface area contributed by atoms with Gasteiger partial charge in [-0.2, -0.15) is 0 Å². The summed E-state index contributed by atoms with van der Waals surface area (Å²) in [5, 5.41) is 3.50. The zero-order valence-electron chi connectivity index (χ0n) is 13.2. The van der Waals surface area contributed by atoms with Crippen molar-refractivity contribution >= 4 is 5.97 Å². The molecular formula is C16H33NO2. The number of rotatable bonds is 13. The molecule has 0 saturated carbocycles. The highest BCUT2D eigenvalue weighted by atomic mass is 16.5. The average molecular weight is 271 g/mol. The second kappa shape index (κ2) is 13.9. The minimum Gasteiger partial charge on any atom is -0.466 e. The van der Waals surface area contributed by atoms with Gasteiger partial charge in [-0.1, -0.05) is 39.5 Å². The van der Waals surface area contributed by atoms with Crippen molar-refractivity contribution in [2.45, 2.75) is 84.6 Å². The fraction of sp³-hybridized carbons (Fsp3) is 0.938. The molecule has 0 aliphatic rings. The first-order chi connectivity index (χ1) is 9.20. The van der Waals surface area contributed by atoms with Crippen LogP contribution in [0.15, 0.2) is 0 Å². The van der Waals surface area contributed by atoms with Crippen LogP contribution in [0, 0.1) is 0 Å². The first-order valence-electron chi connectivity index (χ1n) is 8.09. The van der Waals surface area contributed by atoms with Gasteiger partial charge in [-0.3, -0.25) is 4.79 Å². The summed E-state index contributed by atoms with van der Waals surface area (Å²) in [7, 11) is 0. The molecule has 0 spiro atoms. The van der Waals surface area contributed by atoms with E-state index < -0.39 is 0 Å². The van der Waals surface area contributed by atoms with E-state index in [1.807, 2.05) is 0 Å². The molecule has 0 aromatic carbocycles. The normalized spacial score (nSPS) is 12.4. The number of hydrogen-bond acceptors (Lipinski definition) is 3. The molecule has 1 atom stereocenters. The maximum Gasteiger partial charge on any atom is 0.305 e. The minimum absolute atomic E-state index is 0.0246. The zero-order valence-corrected chi connectivity index (χ0v) is 13.2. The first kappa shape index (κ1) is 18.4. The van der Waals surface area contributed by atoms with Gasteiger partial charge >= 0.3 is 5.97 Å². The molecule has 3 nitrogen and oxygen atoms in total. The average Bonchev–Trinajstić information content (AvgIpc) is 2.39. The standard InChI is InChI=1S/C16H33NO2/c1-4-6-10-14-19-16(18)12-8-7-9-13-17-15(3)11-5-2/h15,17H,4-14H2,1-3H3. The molecular weight excluding hydrogens is 238 g/mol. The maximum atomic E-state index is 11.4. The summed E-state index contributed by atoms with van der Waals surface area (Å²) >= 11 is 0. The quantitative estimate of drug-likeness (QED) is 0.405. The summed E-state index contributed by atoms with van der Waals surface area (Å²) in [6.07, 6.45) is 9.58. The summed E-state index contributed by atoms with van der Waals surface area (Å²) < 4.78 is 5.17. The Kier molecular flexibility index (Phi) is 13.4. The Morgan fingerprint density at radius 2 is 1.84 bits per heavy atom. The van der Waals surface area contributed by atoms with E-state index in [2.05, 4.69) is 26.1 Å². The Morgan fingerprint density at radius 1 is 1.05 bits per heavy atom. The topological polar surface area (TPSA) is 38.3 Å². The molecule has 0 rings (SSSR count). The van der Waals surface area contributed by atoms with E-state index in [4.69, 9.17) is 4.74 Å². The second-order valence-electron chi connectivity index (χ2n) is 5.38. The largest absolute Gasteiger partial charge is 0.466 e. The van der Waals surface area contributed by atoms with Gasteiger partial charge in [0.2, 0.25) is 0 Å². The van der Waals surface area contributed by atoms with Crippen LogP contribution >= 0.6 is 0 Å². The number of carbonyl (C=O) groups is 1. The van der Waals surface area contributed by atoms with Crippen molar-refractivity contribution in [3.8, 4) is 0 Å². The van der Waals surface area contributed by atoms with Crippen LogP contribution in [0.5, 0.6) is 0 Å². The Hall–Kier alpha value is -0.570. The van der Waals surface area contributed by atoms with Crippen LogP contribution in [-0.4, -0.2) is 25.2 Å². The molecule has 1 unspecified atom stereocenters. The van der Waals surface area contributed by atoms with E-state index >= 15 is 0 Å². The summed E-state index contributed by atoms with van der Waals surface area (Å²) in [4.78, 5) is 11.4. The molecule has 19 heavy (non-hydrogen) atoms. The Labute approximate surface area is 119 Å². The second-order valence-corrected chi connectivity index (χ2v) is 5.38. The highest BCUT2D eigenvalue weighted by molar-refractivity contribution is 5.69. The molecule has 3 heteroatoms. The highest BCUT2D eigenvalue weighted by Crippen LogP contribution is 2.03. The van der Waals surface area contributed by atoms with Gasteiger partial charge in [0.25, 0.3) is 0 Å². The molecule has 0 radical (unpaired) electrons. The number of hydrogen-bond donors (Lipinski definition) is 1. The van der Waals surface area contributed by atoms with Gasteiger partial charge in [0, 0.05) is 12.5 Å². The number of nitrogens with one attached hydrogen (secondary N) is 1. The van der Waals surface area contributed by atoms with Crippen LogP contribution in [0.25, 0.3) is 0 Å². The van der Waals surface area contributed by atoms with Crippen molar-refractivity contribution in [1.29, 1.82) is 0 Å². The van der Waals surface area contributed by atoms with Crippen LogP contribution in [0.1, 0.15) is 78.6 Å². The van der Waals surface area contributed by atoms with E-state index in [9.17, 15) is 4.79 Å². The van der Waals surface area contributed by atoms with Crippen LogP contribution in [-0.2, 0) is 9.53 Å². The lowest BCUT2D eigenvalue weighted by molar-refractivity contribution is -0.143. The Bertz CT molecular complexity index is 207. The van der Waals surface area contributed by atoms with Gasteiger partial charge in [0.1, 0.15) is 0 Å². The fourth-order valence-electron chi connectivity index (χ4n) is 2.06. The predicted octanol–water partition coefficient (Wildman–Crippen LogP) is 4.06. The SMILES string of the molecule is CCCCCOC(=O)CCCCCNC(C)CCC. The zero-order chi connectivity index (χ0) is 14.3. The Morgan fingerprint density at radius 3 is 2.53 bits per heavy atom. The van der Waals surface area contributed by atoms with E-state index in [1.54, 1.807) is 0 Å². The maximum absolute atomic E-state index is 11.4. The van der Waals surface area contributed by atoms with Gasteiger partial charge in [-0.05, 0) is 39.2 Å². The molecule has 0 aromatic heterocycles. The molecule has 0 heterocycles. The van der Waals surface area contributed by atoms with Gasteiger partial charge < -0.3 is 10.1 Å². The van der Waals surface area contributed by atoms with E-state index in [0.29, 0.717) is 19.1 Å². The molecule has 0 aliphatic carbocycles. The minimum atomic E-state index is -0.0246. The summed E-state index contributed by atoms with van der Waals surface area (Å²) in [5.41, 5.74) is 0. The number of unbranched alkanes of at least 4 members (excludes halogenated alkanes) is 4. The van der Waals surface area contributed by atoms with Crippen molar-refractivity contribution < 1.29 is 9.53 Å². The van der Waals surface area contributed by atoms with Crippen LogP contribution in [0.3, 0.4) is 0 Å². The lowest BCUT2D eigenvalue weighted by Crippen LogP contribution is -2.26. The molecule has 0 fully saturated rings. The predicted molar refractivity (Wildman–Crippen MR) is 81.3 cm³/mol. The molecule has 114 valence electrons. The molecule has 0 bridgehead atoms. The smallest absolute Gasteiger partial charge is 0.305 e. The van der Waals surface area contributed by atoms with Crippen molar-refractivity contribution in [1.82, 2.24) is 5.32 Å².